The summed E-state index contributed by atoms with van der Waals surface area (Å²) in [5, 5.41) is 3.01. The third kappa shape index (κ3) is 4.15. The Morgan fingerprint density at radius 3 is 2.61 bits per heavy atom. The van der Waals surface area contributed by atoms with Crippen molar-refractivity contribution in [1.29, 1.82) is 0 Å². The summed E-state index contributed by atoms with van der Waals surface area (Å²) in [6, 6.07) is 6.06. The van der Waals surface area contributed by atoms with Gasteiger partial charge >= 0.3 is 0 Å². The van der Waals surface area contributed by atoms with Crippen molar-refractivity contribution < 1.29 is 4.79 Å². The molecule has 0 fully saturated rings. The van der Waals surface area contributed by atoms with E-state index in [9.17, 15) is 4.79 Å². The molecule has 0 aromatic heterocycles. The second-order valence-electron chi connectivity index (χ2n) is 4.87. The first-order chi connectivity index (χ1) is 8.58. The highest BCUT2D eigenvalue weighted by Crippen LogP contribution is 2.19. The first kappa shape index (κ1) is 14.7. The molecule has 1 atom stereocenters. The Morgan fingerprint density at radius 2 is 2.06 bits per heavy atom. The lowest BCUT2D eigenvalue weighted by atomic mass is 9.98. The number of aryl methyl sites for hydroxylation is 2. The van der Waals surface area contributed by atoms with Crippen LogP contribution in [0.5, 0.6) is 0 Å². The number of anilines is 1. The van der Waals surface area contributed by atoms with Crippen molar-refractivity contribution in [2.75, 3.05) is 11.9 Å². The number of carbonyl (C=O) groups excluding carboxylic acids is 1. The van der Waals surface area contributed by atoms with E-state index < -0.39 is 0 Å². The van der Waals surface area contributed by atoms with Crippen LogP contribution >= 0.6 is 0 Å². The van der Waals surface area contributed by atoms with Crippen molar-refractivity contribution in [3.05, 3.63) is 29.3 Å². The summed E-state index contributed by atoms with van der Waals surface area (Å²) in [5.41, 5.74) is 8.78. The lowest BCUT2D eigenvalue weighted by molar-refractivity contribution is -0.120. The maximum atomic E-state index is 12.2. The number of nitrogens with one attached hydrogen (secondary N) is 1. The minimum atomic E-state index is 0.0284. The Hall–Kier alpha value is -1.35. The standard InChI is InChI=1S/C15H24N2O/c1-4-5-13(8-9-16)15(18)17-14-7-6-11(2)10-12(14)3/h6-7,10,13H,4-5,8-9,16H2,1-3H3,(H,17,18). The zero-order chi connectivity index (χ0) is 13.5. The van der Waals surface area contributed by atoms with E-state index in [1.807, 2.05) is 26.0 Å². The molecule has 0 saturated heterocycles. The van der Waals surface area contributed by atoms with Gasteiger partial charge in [0.1, 0.15) is 0 Å². The smallest absolute Gasteiger partial charge is 0.227 e. The van der Waals surface area contributed by atoms with Gasteiger partial charge in [-0.3, -0.25) is 4.79 Å². The van der Waals surface area contributed by atoms with E-state index in [1.54, 1.807) is 0 Å². The van der Waals surface area contributed by atoms with E-state index in [4.69, 9.17) is 5.73 Å². The normalized spacial score (nSPS) is 12.2. The number of nitrogens with two attached hydrogens (primary N) is 1. The Bertz CT molecular complexity index is 395. The second-order valence-corrected chi connectivity index (χ2v) is 4.87. The van der Waals surface area contributed by atoms with Crippen LogP contribution in [-0.4, -0.2) is 12.5 Å². The molecule has 1 unspecified atom stereocenters. The third-order valence-corrected chi connectivity index (χ3v) is 3.16. The highest BCUT2D eigenvalue weighted by atomic mass is 16.1. The van der Waals surface area contributed by atoms with Crippen LogP contribution in [0.15, 0.2) is 18.2 Å². The van der Waals surface area contributed by atoms with E-state index in [-0.39, 0.29) is 11.8 Å². The minimum Gasteiger partial charge on any atom is -0.330 e. The van der Waals surface area contributed by atoms with Crippen LogP contribution in [0.1, 0.15) is 37.3 Å². The van der Waals surface area contributed by atoms with E-state index in [0.717, 1.165) is 30.5 Å². The van der Waals surface area contributed by atoms with E-state index in [0.29, 0.717) is 6.54 Å². The van der Waals surface area contributed by atoms with Crippen LogP contribution in [0.4, 0.5) is 5.69 Å². The third-order valence-electron chi connectivity index (χ3n) is 3.16. The summed E-state index contributed by atoms with van der Waals surface area (Å²) in [6.45, 7) is 6.71. The van der Waals surface area contributed by atoms with Crippen LogP contribution in [0, 0.1) is 19.8 Å². The molecule has 1 amide bonds. The van der Waals surface area contributed by atoms with E-state index in [2.05, 4.69) is 18.3 Å². The van der Waals surface area contributed by atoms with Gasteiger partial charge in [0.25, 0.3) is 0 Å². The van der Waals surface area contributed by atoms with Crippen molar-refractivity contribution >= 4 is 11.6 Å². The maximum Gasteiger partial charge on any atom is 0.227 e. The van der Waals surface area contributed by atoms with Gasteiger partial charge in [-0.05, 0) is 44.9 Å². The van der Waals surface area contributed by atoms with Gasteiger partial charge in [0.15, 0.2) is 0 Å². The van der Waals surface area contributed by atoms with Gasteiger partial charge in [-0.25, -0.2) is 0 Å². The molecule has 3 nitrogen and oxygen atoms in total. The van der Waals surface area contributed by atoms with Crippen LogP contribution in [-0.2, 0) is 4.79 Å². The number of carbonyl (C=O) groups is 1. The molecule has 18 heavy (non-hydrogen) atoms. The molecule has 0 heterocycles. The van der Waals surface area contributed by atoms with Gasteiger partial charge < -0.3 is 11.1 Å². The fourth-order valence-corrected chi connectivity index (χ4v) is 2.14. The zero-order valence-electron chi connectivity index (χ0n) is 11.6. The SMILES string of the molecule is CCCC(CCN)C(=O)Nc1ccc(C)cc1C. The fourth-order valence-electron chi connectivity index (χ4n) is 2.14. The molecular weight excluding hydrogens is 224 g/mol. The zero-order valence-corrected chi connectivity index (χ0v) is 11.6. The topological polar surface area (TPSA) is 55.1 Å². The van der Waals surface area contributed by atoms with Gasteiger partial charge in [0.05, 0.1) is 0 Å². The summed E-state index contributed by atoms with van der Waals surface area (Å²) in [5.74, 6) is 0.120. The summed E-state index contributed by atoms with van der Waals surface area (Å²) < 4.78 is 0. The highest BCUT2D eigenvalue weighted by Gasteiger charge is 2.17. The Kier molecular flexibility index (Phi) is 5.86. The first-order valence-electron chi connectivity index (χ1n) is 6.66. The molecule has 1 aromatic carbocycles. The monoisotopic (exact) mass is 248 g/mol. The van der Waals surface area contributed by atoms with Crippen molar-refractivity contribution in [2.45, 2.75) is 40.0 Å². The van der Waals surface area contributed by atoms with Crippen molar-refractivity contribution in [3.63, 3.8) is 0 Å². The molecular formula is C15H24N2O. The van der Waals surface area contributed by atoms with Crippen molar-refractivity contribution in [1.82, 2.24) is 0 Å². The Morgan fingerprint density at radius 1 is 1.33 bits per heavy atom. The van der Waals surface area contributed by atoms with Crippen LogP contribution in [0.25, 0.3) is 0 Å². The Labute approximate surface area is 110 Å². The average molecular weight is 248 g/mol. The summed E-state index contributed by atoms with van der Waals surface area (Å²) in [7, 11) is 0. The minimum absolute atomic E-state index is 0.0284. The van der Waals surface area contributed by atoms with Gasteiger partial charge in [-0.2, -0.15) is 0 Å². The molecule has 3 heteroatoms. The number of hydrogen-bond acceptors (Lipinski definition) is 2. The fraction of sp³-hybridized carbons (Fsp3) is 0.533. The molecule has 0 saturated carbocycles. The summed E-state index contributed by atoms with van der Waals surface area (Å²) in [4.78, 5) is 12.2. The number of amides is 1. The van der Waals surface area contributed by atoms with Crippen LogP contribution in [0.2, 0.25) is 0 Å². The molecule has 0 bridgehead atoms. The van der Waals surface area contributed by atoms with E-state index in [1.165, 1.54) is 5.56 Å². The predicted molar refractivity (Wildman–Crippen MR) is 76.6 cm³/mol. The molecule has 0 radical (unpaired) electrons. The second kappa shape index (κ2) is 7.17. The molecule has 3 N–H and O–H groups in total. The summed E-state index contributed by atoms with van der Waals surface area (Å²) in [6.07, 6.45) is 2.66. The number of rotatable bonds is 6. The average Bonchev–Trinajstić information content (AvgIpc) is 2.32. The van der Waals surface area contributed by atoms with Gasteiger partial charge in [-0.1, -0.05) is 31.0 Å². The molecule has 1 aromatic rings. The maximum absolute atomic E-state index is 12.2. The summed E-state index contributed by atoms with van der Waals surface area (Å²) >= 11 is 0. The van der Waals surface area contributed by atoms with Crippen LogP contribution < -0.4 is 11.1 Å². The molecule has 100 valence electrons. The van der Waals surface area contributed by atoms with Crippen molar-refractivity contribution in [2.24, 2.45) is 11.7 Å². The predicted octanol–water partition coefficient (Wildman–Crippen LogP) is 3.01. The molecule has 0 aliphatic heterocycles. The molecule has 0 aliphatic rings. The molecule has 1 rings (SSSR count). The molecule has 0 spiro atoms. The first-order valence-corrected chi connectivity index (χ1v) is 6.66. The number of hydrogen-bond donors (Lipinski definition) is 2. The highest BCUT2D eigenvalue weighted by molar-refractivity contribution is 5.93. The van der Waals surface area contributed by atoms with Gasteiger partial charge in [0, 0.05) is 11.6 Å². The number of benzene rings is 1. The Balaban J connectivity index is 2.72. The van der Waals surface area contributed by atoms with E-state index >= 15 is 0 Å². The quantitative estimate of drug-likeness (QED) is 0.813. The van der Waals surface area contributed by atoms with Gasteiger partial charge in [-0.15, -0.1) is 0 Å². The van der Waals surface area contributed by atoms with Crippen LogP contribution in [0.3, 0.4) is 0 Å². The molecule has 0 aliphatic carbocycles. The lowest BCUT2D eigenvalue weighted by Crippen LogP contribution is -2.25. The van der Waals surface area contributed by atoms with Crippen molar-refractivity contribution in [3.8, 4) is 0 Å². The van der Waals surface area contributed by atoms with Gasteiger partial charge in [0.2, 0.25) is 5.91 Å². The lowest BCUT2D eigenvalue weighted by Gasteiger charge is -2.16. The largest absolute Gasteiger partial charge is 0.330 e.